The Labute approximate surface area is 170 Å². The lowest BCUT2D eigenvalue weighted by Gasteiger charge is -2.24. The molecule has 2 heterocycles. The summed E-state index contributed by atoms with van der Waals surface area (Å²) in [4.78, 5) is 38.5. The third-order valence-corrected chi connectivity index (χ3v) is 7.27. The molecule has 2 saturated heterocycles. The summed E-state index contributed by atoms with van der Waals surface area (Å²) >= 11 is 0. The summed E-state index contributed by atoms with van der Waals surface area (Å²) in [5.74, 6) is -1.15. The van der Waals surface area contributed by atoms with E-state index in [9.17, 15) is 22.8 Å². The molecule has 8 nitrogen and oxygen atoms in total. The van der Waals surface area contributed by atoms with Crippen LogP contribution in [0.15, 0.2) is 24.3 Å². The normalized spacial score (nSPS) is 26.5. The van der Waals surface area contributed by atoms with Gasteiger partial charge in [-0.25, -0.2) is 13.2 Å². The van der Waals surface area contributed by atoms with Gasteiger partial charge in [-0.1, -0.05) is 45.0 Å². The van der Waals surface area contributed by atoms with Gasteiger partial charge in [0.1, 0.15) is 12.1 Å². The number of nitrogens with zero attached hydrogens (tertiary/aromatic N) is 1. The van der Waals surface area contributed by atoms with Crippen molar-refractivity contribution in [2.75, 3.05) is 18.1 Å². The smallest absolute Gasteiger partial charge is 0.325 e. The van der Waals surface area contributed by atoms with Crippen LogP contribution in [0.2, 0.25) is 0 Å². The molecule has 2 aliphatic rings. The Bertz CT molecular complexity index is 949. The average Bonchev–Trinajstić information content (AvgIpc) is 3.06. The maximum atomic E-state index is 13.0. The Hall–Kier alpha value is -2.42. The van der Waals surface area contributed by atoms with Crippen molar-refractivity contribution < 1.29 is 22.8 Å². The highest BCUT2D eigenvalue weighted by atomic mass is 32.2. The van der Waals surface area contributed by atoms with Crippen molar-refractivity contribution in [3.8, 4) is 0 Å². The molecule has 2 aliphatic heterocycles. The van der Waals surface area contributed by atoms with Crippen molar-refractivity contribution in [2.45, 2.75) is 51.1 Å². The van der Waals surface area contributed by atoms with Crippen LogP contribution in [0.3, 0.4) is 0 Å². The third-order valence-electron chi connectivity index (χ3n) is 5.50. The summed E-state index contributed by atoms with van der Waals surface area (Å²) in [5.41, 5.74) is 0.433. The van der Waals surface area contributed by atoms with E-state index in [4.69, 9.17) is 0 Å². The first-order valence-electron chi connectivity index (χ1n) is 9.57. The summed E-state index contributed by atoms with van der Waals surface area (Å²) in [5, 5.41) is 5.28. The molecule has 158 valence electrons. The molecular weight excluding hydrogens is 394 g/mol. The van der Waals surface area contributed by atoms with Gasteiger partial charge < -0.3 is 10.6 Å². The van der Waals surface area contributed by atoms with Crippen molar-refractivity contribution in [1.82, 2.24) is 15.5 Å². The maximum absolute atomic E-state index is 13.0. The summed E-state index contributed by atoms with van der Waals surface area (Å²) in [6, 6.07) is 6.35. The molecule has 0 radical (unpaired) electrons. The molecule has 1 aromatic carbocycles. The first kappa shape index (κ1) is 21.3. The molecule has 29 heavy (non-hydrogen) atoms. The van der Waals surface area contributed by atoms with Crippen molar-refractivity contribution in [1.29, 1.82) is 0 Å². The van der Waals surface area contributed by atoms with Crippen LogP contribution in [-0.4, -0.2) is 55.3 Å². The van der Waals surface area contributed by atoms with E-state index in [1.165, 1.54) is 0 Å². The number of hydrogen-bond donors (Lipinski definition) is 2. The summed E-state index contributed by atoms with van der Waals surface area (Å²) in [6.07, 6.45) is 0.339. The molecular formula is C20H27N3O5S. The van der Waals surface area contributed by atoms with Gasteiger partial charge >= 0.3 is 6.03 Å². The number of benzene rings is 1. The van der Waals surface area contributed by atoms with Crippen LogP contribution in [0.1, 0.15) is 45.2 Å². The number of nitrogens with one attached hydrogen (secondary N) is 2. The van der Waals surface area contributed by atoms with Crippen LogP contribution in [0, 0.1) is 0 Å². The first-order chi connectivity index (χ1) is 13.3. The largest absolute Gasteiger partial charge is 0.351 e. The zero-order valence-corrected chi connectivity index (χ0v) is 17.9. The van der Waals surface area contributed by atoms with E-state index in [1.807, 2.05) is 24.3 Å². The minimum absolute atomic E-state index is 0.0315. The van der Waals surface area contributed by atoms with Gasteiger partial charge in [-0.2, -0.15) is 0 Å². The van der Waals surface area contributed by atoms with Gasteiger partial charge in [-0.15, -0.1) is 0 Å². The van der Waals surface area contributed by atoms with E-state index in [2.05, 4.69) is 31.4 Å². The molecule has 0 aliphatic carbocycles. The highest BCUT2D eigenvalue weighted by molar-refractivity contribution is 7.91. The van der Waals surface area contributed by atoms with Crippen molar-refractivity contribution in [2.24, 2.45) is 0 Å². The zero-order chi connectivity index (χ0) is 21.6. The molecule has 2 fully saturated rings. The van der Waals surface area contributed by atoms with Gasteiger partial charge in [0.15, 0.2) is 9.84 Å². The number of rotatable bonds is 4. The molecule has 2 atom stereocenters. The fourth-order valence-corrected chi connectivity index (χ4v) is 5.34. The monoisotopic (exact) mass is 421 g/mol. The van der Waals surface area contributed by atoms with E-state index < -0.39 is 45.8 Å². The number of sulfone groups is 1. The lowest BCUT2D eigenvalue weighted by molar-refractivity contribution is -0.135. The predicted octanol–water partition coefficient (Wildman–Crippen LogP) is 1.05. The van der Waals surface area contributed by atoms with Crippen molar-refractivity contribution in [3.63, 3.8) is 0 Å². The number of imide groups is 1. The van der Waals surface area contributed by atoms with E-state index in [0.717, 1.165) is 10.5 Å². The second-order valence-corrected chi connectivity index (χ2v) is 11.2. The van der Waals surface area contributed by atoms with Crippen molar-refractivity contribution in [3.05, 3.63) is 35.4 Å². The predicted molar refractivity (Wildman–Crippen MR) is 108 cm³/mol. The summed E-state index contributed by atoms with van der Waals surface area (Å²) < 4.78 is 23.0. The molecule has 0 saturated carbocycles. The molecule has 2 N–H and O–H groups in total. The number of carbonyl (C=O) groups excluding carboxylic acids is 3. The molecule has 9 heteroatoms. The topological polar surface area (TPSA) is 113 Å². The van der Waals surface area contributed by atoms with Crippen LogP contribution in [-0.2, 0) is 30.4 Å². The highest BCUT2D eigenvalue weighted by Gasteiger charge is 2.49. The Balaban J connectivity index is 1.71. The second-order valence-electron chi connectivity index (χ2n) is 8.94. The van der Waals surface area contributed by atoms with Gasteiger partial charge in [0.25, 0.3) is 5.91 Å². The second kappa shape index (κ2) is 7.12. The van der Waals surface area contributed by atoms with Crippen LogP contribution in [0.4, 0.5) is 4.79 Å². The van der Waals surface area contributed by atoms with Crippen LogP contribution in [0.5, 0.6) is 0 Å². The summed E-state index contributed by atoms with van der Waals surface area (Å²) in [7, 11) is -3.13. The zero-order valence-electron chi connectivity index (χ0n) is 17.1. The molecule has 0 unspecified atom stereocenters. The molecule has 1 aromatic rings. The lowest BCUT2D eigenvalue weighted by Crippen LogP contribution is -2.45. The molecule has 0 aromatic heterocycles. The quantitative estimate of drug-likeness (QED) is 0.706. The van der Waals surface area contributed by atoms with E-state index in [-0.39, 0.29) is 16.9 Å². The molecule has 3 rings (SSSR count). The Morgan fingerprint density at radius 1 is 1.24 bits per heavy atom. The van der Waals surface area contributed by atoms with Crippen LogP contribution < -0.4 is 10.6 Å². The standard InChI is InChI=1S/C20H27N3O5S/c1-19(2,3)13-5-7-14(8-6-13)20(4)17(25)23(18(26)22-20)11-16(24)21-15-9-10-29(27,28)12-15/h5-8,15H,9-12H2,1-4H3,(H,21,24)(H,22,26)/t15-,20+/m0/s1. The van der Waals surface area contributed by atoms with Gasteiger partial charge in [0, 0.05) is 6.04 Å². The number of urea groups is 1. The number of carbonyl (C=O) groups is 3. The first-order valence-corrected chi connectivity index (χ1v) is 11.4. The van der Waals surface area contributed by atoms with E-state index in [1.54, 1.807) is 6.92 Å². The van der Waals surface area contributed by atoms with E-state index in [0.29, 0.717) is 12.0 Å². The molecule has 0 bridgehead atoms. The Morgan fingerprint density at radius 2 is 1.86 bits per heavy atom. The fourth-order valence-electron chi connectivity index (χ4n) is 3.67. The average molecular weight is 422 g/mol. The van der Waals surface area contributed by atoms with Gasteiger partial charge in [-0.05, 0) is 29.9 Å². The fraction of sp³-hybridized carbons (Fsp3) is 0.550. The van der Waals surface area contributed by atoms with Gasteiger partial charge in [0.05, 0.1) is 11.5 Å². The minimum atomic E-state index is -3.13. The highest BCUT2D eigenvalue weighted by Crippen LogP contribution is 2.31. The van der Waals surface area contributed by atoms with Gasteiger partial charge in [0.2, 0.25) is 5.91 Å². The Morgan fingerprint density at radius 3 is 2.38 bits per heavy atom. The molecule has 0 spiro atoms. The van der Waals surface area contributed by atoms with Crippen molar-refractivity contribution >= 4 is 27.7 Å². The maximum Gasteiger partial charge on any atom is 0.325 e. The third kappa shape index (κ3) is 4.29. The van der Waals surface area contributed by atoms with Gasteiger partial charge in [-0.3, -0.25) is 14.5 Å². The van der Waals surface area contributed by atoms with Crippen LogP contribution >= 0.6 is 0 Å². The van der Waals surface area contributed by atoms with Crippen LogP contribution in [0.25, 0.3) is 0 Å². The number of hydrogen-bond acceptors (Lipinski definition) is 5. The Kier molecular flexibility index (Phi) is 5.23. The number of amides is 4. The summed E-state index contributed by atoms with van der Waals surface area (Å²) in [6.45, 7) is 7.42. The van der Waals surface area contributed by atoms with E-state index >= 15 is 0 Å². The SMILES string of the molecule is CC(C)(C)c1ccc([C@@]2(C)NC(=O)N(CC(=O)N[C@H]3CCS(=O)(=O)C3)C2=O)cc1. The minimum Gasteiger partial charge on any atom is -0.351 e. The lowest BCUT2D eigenvalue weighted by atomic mass is 9.84. The molecule has 4 amide bonds.